The highest BCUT2D eigenvalue weighted by atomic mass is 16.2. The minimum absolute atomic E-state index is 0.130. The molecular weight excluding hydrogens is 326 g/mol. The van der Waals surface area contributed by atoms with Crippen LogP contribution in [0.15, 0.2) is 54.9 Å². The first kappa shape index (κ1) is 15.9. The van der Waals surface area contributed by atoms with Crippen LogP contribution in [0.4, 0.5) is 11.4 Å². The van der Waals surface area contributed by atoms with Crippen LogP contribution in [0.2, 0.25) is 0 Å². The van der Waals surface area contributed by atoms with Crippen molar-refractivity contribution >= 4 is 17.3 Å². The van der Waals surface area contributed by atoms with Gasteiger partial charge in [-0.1, -0.05) is 18.2 Å². The number of hydrogen-bond acceptors (Lipinski definition) is 4. The van der Waals surface area contributed by atoms with E-state index in [1.165, 1.54) is 0 Å². The molecule has 1 amide bonds. The zero-order valence-corrected chi connectivity index (χ0v) is 14.1. The summed E-state index contributed by atoms with van der Waals surface area (Å²) in [5.41, 5.74) is 4.84. The van der Waals surface area contributed by atoms with Crippen molar-refractivity contribution in [3.05, 3.63) is 66.2 Å². The maximum absolute atomic E-state index is 12.6. The normalized spacial score (nSPS) is 12.8. The molecule has 0 unspecified atom stereocenters. The van der Waals surface area contributed by atoms with Crippen molar-refractivity contribution in [2.45, 2.75) is 13.0 Å². The van der Waals surface area contributed by atoms with E-state index in [1.54, 1.807) is 12.4 Å². The molecule has 26 heavy (non-hydrogen) atoms. The predicted octanol–water partition coefficient (Wildman–Crippen LogP) is 3.10. The number of fused-ring (bicyclic) bond motifs is 1. The van der Waals surface area contributed by atoms with Crippen LogP contribution in [0.5, 0.6) is 0 Å². The minimum atomic E-state index is -0.130. The number of benzene rings is 1. The second-order valence-corrected chi connectivity index (χ2v) is 6.01. The summed E-state index contributed by atoms with van der Waals surface area (Å²) >= 11 is 0. The van der Waals surface area contributed by atoms with Crippen LogP contribution >= 0.6 is 0 Å². The molecule has 3 heterocycles. The van der Waals surface area contributed by atoms with Crippen LogP contribution in [-0.4, -0.2) is 22.0 Å². The molecule has 6 heteroatoms. The van der Waals surface area contributed by atoms with Gasteiger partial charge in [-0.05, 0) is 29.8 Å². The molecule has 0 saturated carbocycles. The highest BCUT2D eigenvalue weighted by molar-refractivity contribution is 6.05. The van der Waals surface area contributed by atoms with Crippen molar-refractivity contribution in [1.29, 1.82) is 5.26 Å². The second-order valence-electron chi connectivity index (χ2n) is 6.01. The Morgan fingerprint density at radius 3 is 2.69 bits per heavy atom. The van der Waals surface area contributed by atoms with Crippen molar-refractivity contribution in [2.75, 3.05) is 11.9 Å². The summed E-state index contributed by atoms with van der Waals surface area (Å²) in [6.07, 6.45) is 3.66. The first-order valence-corrected chi connectivity index (χ1v) is 8.42. The average Bonchev–Trinajstić information content (AvgIpc) is 2.98. The highest BCUT2D eigenvalue weighted by Gasteiger charge is 2.30. The molecule has 1 aliphatic heterocycles. The van der Waals surface area contributed by atoms with Crippen molar-refractivity contribution in [3.8, 4) is 17.2 Å². The van der Waals surface area contributed by atoms with Gasteiger partial charge < -0.3 is 15.2 Å². The van der Waals surface area contributed by atoms with Crippen LogP contribution in [0, 0.1) is 11.3 Å². The van der Waals surface area contributed by atoms with E-state index in [2.05, 4.69) is 21.7 Å². The van der Waals surface area contributed by atoms with E-state index >= 15 is 0 Å². The van der Waals surface area contributed by atoms with Crippen molar-refractivity contribution in [1.82, 2.24) is 14.9 Å². The lowest BCUT2D eigenvalue weighted by Gasteiger charge is -2.19. The largest absolute Gasteiger partial charge is 0.353 e. The smallest absolute Gasteiger partial charge is 0.270 e. The number of pyridine rings is 1. The molecule has 6 nitrogen and oxygen atoms in total. The Balaban J connectivity index is 1.98. The fourth-order valence-electron chi connectivity index (χ4n) is 3.39. The molecule has 0 saturated heterocycles. The quantitative estimate of drug-likeness (QED) is 0.762. The zero-order chi connectivity index (χ0) is 17.9. The Kier molecular flexibility index (Phi) is 4.12. The number of amides is 1. The lowest BCUT2D eigenvalue weighted by atomic mass is 10.0. The van der Waals surface area contributed by atoms with Gasteiger partial charge in [-0.3, -0.25) is 9.78 Å². The van der Waals surface area contributed by atoms with E-state index in [4.69, 9.17) is 0 Å². The Morgan fingerprint density at radius 1 is 1.19 bits per heavy atom. The Bertz CT molecular complexity index is 987. The molecule has 0 atom stereocenters. The number of carbonyl (C=O) groups is 1. The molecular formula is C20H17N5O. The molecule has 1 aromatic carbocycles. The van der Waals surface area contributed by atoms with Crippen LogP contribution in [0.3, 0.4) is 0 Å². The molecule has 0 spiro atoms. The molecule has 0 bridgehead atoms. The van der Waals surface area contributed by atoms with Gasteiger partial charge in [-0.2, -0.15) is 5.26 Å². The summed E-state index contributed by atoms with van der Waals surface area (Å²) in [6.45, 7) is 1.20. The first-order valence-electron chi connectivity index (χ1n) is 8.42. The molecule has 4 rings (SSSR count). The van der Waals surface area contributed by atoms with E-state index in [1.807, 2.05) is 47.0 Å². The monoisotopic (exact) mass is 343 g/mol. The SMILES string of the molecule is N#CCc1c(-c2ccncc2)c(Nc2ccccc2)c2n1CCNC2=O. The van der Waals surface area contributed by atoms with Gasteiger partial charge in [0.15, 0.2) is 0 Å². The fourth-order valence-corrected chi connectivity index (χ4v) is 3.39. The lowest BCUT2D eigenvalue weighted by molar-refractivity contribution is 0.0928. The number of nitrogens with zero attached hydrogens (tertiary/aromatic N) is 3. The van der Waals surface area contributed by atoms with Gasteiger partial charge in [0.1, 0.15) is 5.69 Å². The predicted molar refractivity (Wildman–Crippen MR) is 99.0 cm³/mol. The second kappa shape index (κ2) is 6.73. The van der Waals surface area contributed by atoms with Gasteiger partial charge in [0.2, 0.25) is 0 Å². The first-order chi connectivity index (χ1) is 12.8. The molecule has 0 radical (unpaired) electrons. The Morgan fingerprint density at radius 2 is 1.96 bits per heavy atom. The summed E-state index contributed by atoms with van der Waals surface area (Å²) in [5.74, 6) is -0.130. The molecule has 2 N–H and O–H groups in total. The number of aromatic nitrogens is 2. The fraction of sp³-hybridized carbons (Fsp3) is 0.150. The Labute approximate surface area is 151 Å². The maximum Gasteiger partial charge on any atom is 0.270 e. The highest BCUT2D eigenvalue weighted by Crippen LogP contribution is 2.39. The molecule has 128 valence electrons. The topological polar surface area (TPSA) is 82.7 Å². The number of para-hydroxylation sites is 1. The van der Waals surface area contributed by atoms with Gasteiger partial charge in [0.05, 0.1) is 18.2 Å². The standard InChI is InChI=1S/C20H17N5O/c21-9-6-16-17(14-7-10-22-11-8-14)18(24-15-4-2-1-3-5-15)19-20(26)23-12-13-25(16)19/h1-5,7-8,10-11,24H,6,12-13H2,(H,23,26). The summed E-state index contributed by atoms with van der Waals surface area (Å²) in [6, 6.07) is 15.8. The zero-order valence-electron chi connectivity index (χ0n) is 14.1. The molecule has 3 aromatic rings. The van der Waals surface area contributed by atoms with E-state index < -0.39 is 0 Å². The minimum Gasteiger partial charge on any atom is -0.353 e. The average molecular weight is 343 g/mol. The Hall–Kier alpha value is -3.59. The number of nitriles is 1. The van der Waals surface area contributed by atoms with Crippen LogP contribution in [0.1, 0.15) is 16.2 Å². The summed E-state index contributed by atoms with van der Waals surface area (Å²) in [4.78, 5) is 16.7. The van der Waals surface area contributed by atoms with Crippen molar-refractivity contribution in [2.24, 2.45) is 0 Å². The van der Waals surface area contributed by atoms with E-state index in [0.29, 0.717) is 18.8 Å². The number of nitrogens with one attached hydrogen (secondary N) is 2. The van der Waals surface area contributed by atoms with Gasteiger partial charge in [0.25, 0.3) is 5.91 Å². The van der Waals surface area contributed by atoms with E-state index in [-0.39, 0.29) is 12.3 Å². The molecule has 0 fully saturated rings. The molecule has 0 aliphatic carbocycles. The number of anilines is 2. The third-order valence-electron chi connectivity index (χ3n) is 4.47. The van der Waals surface area contributed by atoms with Gasteiger partial charge in [-0.25, -0.2) is 0 Å². The van der Waals surface area contributed by atoms with E-state index in [0.717, 1.165) is 28.2 Å². The van der Waals surface area contributed by atoms with E-state index in [9.17, 15) is 10.1 Å². The lowest BCUT2D eigenvalue weighted by Crippen LogP contribution is -2.36. The van der Waals surface area contributed by atoms with Crippen molar-refractivity contribution < 1.29 is 4.79 Å². The molecule has 2 aromatic heterocycles. The van der Waals surface area contributed by atoms with Gasteiger partial charge in [0, 0.05) is 42.4 Å². The maximum atomic E-state index is 12.6. The third kappa shape index (κ3) is 2.70. The van der Waals surface area contributed by atoms with Gasteiger partial charge >= 0.3 is 0 Å². The van der Waals surface area contributed by atoms with Crippen LogP contribution < -0.4 is 10.6 Å². The van der Waals surface area contributed by atoms with Crippen LogP contribution in [-0.2, 0) is 13.0 Å². The molecule has 1 aliphatic rings. The summed E-state index contributed by atoms with van der Waals surface area (Å²) in [5, 5.41) is 15.7. The van der Waals surface area contributed by atoms with Gasteiger partial charge in [-0.15, -0.1) is 0 Å². The summed E-state index contributed by atoms with van der Waals surface area (Å²) in [7, 11) is 0. The summed E-state index contributed by atoms with van der Waals surface area (Å²) < 4.78 is 1.96. The number of rotatable bonds is 4. The van der Waals surface area contributed by atoms with Crippen LogP contribution in [0.25, 0.3) is 11.1 Å². The van der Waals surface area contributed by atoms with Crippen molar-refractivity contribution in [3.63, 3.8) is 0 Å². The third-order valence-corrected chi connectivity index (χ3v) is 4.47. The number of carbonyl (C=O) groups excluding carboxylic acids is 1. The number of hydrogen-bond donors (Lipinski definition) is 2.